The summed E-state index contributed by atoms with van der Waals surface area (Å²) in [6, 6.07) is 0.359. The Bertz CT molecular complexity index is 278. The molecule has 3 heteroatoms. The summed E-state index contributed by atoms with van der Waals surface area (Å²) in [4.78, 5) is 14.6. The van der Waals surface area contributed by atoms with Crippen LogP contribution in [0.5, 0.6) is 0 Å². The van der Waals surface area contributed by atoms with Crippen molar-refractivity contribution in [2.75, 3.05) is 0 Å². The van der Waals surface area contributed by atoms with Gasteiger partial charge in [-0.15, -0.1) is 0 Å². The minimum absolute atomic E-state index is 0.0360. The van der Waals surface area contributed by atoms with E-state index in [1.165, 1.54) is 0 Å². The zero-order valence-corrected chi connectivity index (χ0v) is 12.9. The number of hydrogen-bond acceptors (Lipinski definition) is 2. The number of nitrogens with zero attached hydrogens (tertiary/aromatic N) is 1. The lowest BCUT2D eigenvalue weighted by Gasteiger charge is -2.35. The van der Waals surface area contributed by atoms with Crippen molar-refractivity contribution >= 4 is 5.91 Å². The van der Waals surface area contributed by atoms with Gasteiger partial charge in [-0.1, -0.05) is 47.5 Å². The molecule has 4 atom stereocenters. The van der Waals surface area contributed by atoms with Crippen LogP contribution in [0.15, 0.2) is 0 Å². The molecule has 1 rings (SSSR count). The van der Waals surface area contributed by atoms with Crippen molar-refractivity contribution in [3.63, 3.8) is 0 Å². The first-order valence-electron chi connectivity index (χ1n) is 7.52. The molecule has 0 radical (unpaired) electrons. The monoisotopic (exact) mass is 254 g/mol. The third-order valence-electron chi connectivity index (χ3n) is 4.34. The first-order chi connectivity index (χ1) is 8.43. The Labute approximate surface area is 112 Å². The van der Waals surface area contributed by atoms with E-state index in [0.29, 0.717) is 23.8 Å². The molecule has 0 spiro atoms. The zero-order valence-electron chi connectivity index (χ0n) is 12.9. The molecule has 1 N–H and O–H groups in total. The van der Waals surface area contributed by atoms with Gasteiger partial charge in [0, 0.05) is 6.04 Å². The van der Waals surface area contributed by atoms with Crippen molar-refractivity contribution < 1.29 is 4.79 Å². The van der Waals surface area contributed by atoms with Crippen LogP contribution in [-0.4, -0.2) is 29.1 Å². The fraction of sp³-hybridized carbons (Fsp3) is 0.933. The molecule has 0 aromatic rings. The van der Waals surface area contributed by atoms with Gasteiger partial charge in [0.25, 0.3) is 0 Å². The summed E-state index contributed by atoms with van der Waals surface area (Å²) in [7, 11) is 0. The number of carbonyl (C=O) groups is 1. The number of nitrogens with one attached hydrogen (secondary N) is 1. The Morgan fingerprint density at radius 3 is 2.28 bits per heavy atom. The Morgan fingerprint density at radius 2 is 1.83 bits per heavy atom. The van der Waals surface area contributed by atoms with Crippen LogP contribution < -0.4 is 5.32 Å². The maximum absolute atomic E-state index is 12.5. The third-order valence-corrected chi connectivity index (χ3v) is 4.34. The van der Waals surface area contributed by atoms with E-state index in [9.17, 15) is 4.79 Å². The summed E-state index contributed by atoms with van der Waals surface area (Å²) < 4.78 is 0. The quantitative estimate of drug-likeness (QED) is 0.790. The van der Waals surface area contributed by atoms with Crippen LogP contribution in [0.2, 0.25) is 0 Å². The largest absolute Gasteiger partial charge is 0.323 e. The molecule has 1 heterocycles. The third kappa shape index (κ3) is 3.05. The van der Waals surface area contributed by atoms with E-state index in [1.807, 2.05) is 0 Å². The second-order valence-corrected chi connectivity index (χ2v) is 6.07. The molecule has 18 heavy (non-hydrogen) atoms. The van der Waals surface area contributed by atoms with Crippen LogP contribution >= 0.6 is 0 Å². The van der Waals surface area contributed by atoms with Gasteiger partial charge in [0.15, 0.2) is 0 Å². The van der Waals surface area contributed by atoms with Crippen molar-refractivity contribution in [1.82, 2.24) is 10.2 Å². The molecule has 4 unspecified atom stereocenters. The second-order valence-electron chi connectivity index (χ2n) is 6.07. The molecule has 1 aliphatic rings. The normalized spacial score (nSPS) is 27.9. The van der Waals surface area contributed by atoms with Crippen LogP contribution in [-0.2, 0) is 4.79 Å². The fourth-order valence-corrected chi connectivity index (χ4v) is 2.75. The van der Waals surface area contributed by atoms with Gasteiger partial charge in [-0.3, -0.25) is 10.1 Å². The summed E-state index contributed by atoms with van der Waals surface area (Å²) in [6.07, 6.45) is 3.33. The van der Waals surface area contributed by atoms with Crippen molar-refractivity contribution in [3.8, 4) is 0 Å². The molecular weight excluding hydrogens is 224 g/mol. The summed E-state index contributed by atoms with van der Waals surface area (Å²) in [5.41, 5.74) is 0. The molecule has 1 aliphatic heterocycles. The average molecular weight is 254 g/mol. The molecular formula is C15H30N2O. The Kier molecular flexibility index (Phi) is 5.64. The second kappa shape index (κ2) is 6.55. The SMILES string of the molecule is CCCC1NC(C(C)C)N(C(C)C(C)CC)C1=O. The highest BCUT2D eigenvalue weighted by atomic mass is 16.2. The number of carbonyl (C=O) groups excluding carboxylic acids is 1. The number of amides is 1. The summed E-state index contributed by atoms with van der Waals surface area (Å²) in [5.74, 6) is 1.32. The Hall–Kier alpha value is -0.570. The van der Waals surface area contributed by atoms with Crippen molar-refractivity contribution in [3.05, 3.63) is 0 Å². The highest BCUT2D eigenvalue weighted by molar-refractivity contribution is 5.84. The van der Waals surface area contributed by atoms with Gasteiger partial charge >= 0.3 is 0 Å². The molecule has 3 nitrogen and oxygen atoms in total. The lowest BCUT2D eigenvalue weighted by atomic mass is 9.97. The summed E-state index contributed by atoms with van der Waals surface area (Å²) in [6.45, 7) is 13.1. The average Bonchev–Trinajstić information content (AvgIpc) is 2.66. The van der Waals surface area contributed by atoms with E-state index >= 15 is 0 Å². The lowest BCUT2D eigenvalue weighted by Crippen LogP contribution is -2.48. The molecule has 0 aliphatic carbocycles. The highest BCUT2D eigenvalue weighted by Crippen LogP contribution is 2.26. The first kappa shape index (κ1) is 15.5. The lowest BCUT2D eigenvalue weighted by molar-refractivity contribution is -0.133. The maximum atomic E-state index is 12.5. The first-order valence-corrected chi connectivity index (χ1v) is 7.52. The minimum Gasteiger partial charge on any atom is -0.323 e. The van der Waals surface area contributed by atoms with Gasteiger partial charge in [-0.25, -0.2) is 0 Å². The van der Waals surface area contributed by atoms with Crippen LogP contribution in [0.1, 0.15) is 60.8 Å². The van der Waals surface area contributed by atoms with Gasteiger partial charge in [-0.05, 0) is 25.2 Å². The minimum atomic E-state index is 0.0360. The predicted octanol–water partition coefficient (Wildman–Crippen LogP) is 3.00. The van der Waals surface area contributed by atoms with E-state index in [4.69, 9.17) is 0 Å². The maximum Gasteiger partial charge on any atom is 0.241 e. The van der Waals surface area contributed by atoms with Crippen LogP contribution in [0.4, 0.5) is 0 Å². The molecule has 0 bridgehead atoms. The van der Waals surface area contributed by atoms with Crippen LogP contribution in [0.3, 0.4) is 0 Å². The van der Waals surface area contributed by atoms with Crippen molar-refractivity contribution in [2.24, 2.45) is 11.8 Å². The molecule has 1 amide bonds. The summed E-state index contributed by atoms with van der Waals surface area (Å²) >= 11 is 0. The number of rotatable bonds is 6. The van der Waals surface area contributed by atoms with E-state index in [-0.39, 0.29) is 12.2 Å². The molecule has 106 valence electrons. The zero-order chi connectivity index (χ0) is 13.9. The molecule has 1 fully saturated rings. The Morgan fingerprint density at radius 1 is 1.22 bits per heavy atom. The highest BCUT2D eigenvalue weighted by Gasteiger charge is 2.42. The van der Waals surface area contributed by atoms with Gasteiger partial charge in [0.1, 0.15) is 0 Å². The van der Waals surface area contributed by atoms with Crippen molar-refractivity contribution in [2.45, 2.75) is 79.1 Å². The van der Waals surface area contributed by atoms with Gasteiger partial charge in [0.05, 0.1) is 12.2 Å². The molecule has 0 aromatic heterocycles. The fourth-order valence-electron chi connectivity index (χ4n) is 2.75. The molecule has 0 aromatic carbocycles. The molecule has 1 saturated heterocycles. The smallest absolute Gasteiger partial charge is 0.241 e. The van der Waals surface area contributed by atoms with E-state index in [1.54, 1.807) is 0 Å². The van der Waals surface area contributed by atoms with Crippen LogP contribution in [0, 0.1) is 11.8 Å². The number of hydrogen-bond donors (Lipinski definition) is 1. The van der Waals surface area contributed by atoms with Gasteiger partial charge in [-0.2, -0.15) is 0 Å². The van der Waals surface area contributed by atoms with Gasteiger partial charge < -0.3 is 4.90 Å². The Balaban J connectivity index is 2.87. The predicted molar refractivity (Wildman–Crippen MR) is 76.2 cm³/mol. The van der Waals surface area contributed by atoms with E-state index < -0.39 is 0 Å². The molecule has 0 saturated carbocycles. The topological polar surface area (TPSA) is 32.3 Å². The van der Waals surface area contributed by atoms with Crippen LogP contribution in [0.25, 0.3) is 0 Å². The summed E-state index contributed by atoms with van der Waals surface area (Å²) in [5, 5.41) is 3.53. The van der Waals surface area contributed by atoms with Crippen molar-refractivity contribution in [1.29, 1.82) is 0 Å². The van der Waals surface area contributed by atoms with E-state index in [2.05, 4.69) is 51.8 Å². The van der Waals surface area contributed by atoms with E-state index in [0.717, 1.165) is 19.3 Å². The standard InChI is InChI=1S/C15H30N2O/c1-7-9-13-15(18)17(12(6)11(5)8-2)14(16-13)10(3)4/h10-14,16H,7-9H2,1-6H3. The van der Waals surface area contributed by atoms with Gasteiger partial charge in [0.2, 0.25) is 5.91 Å².